The van der Waals surface area contributed by atoms with Crippen molar-refractivity contribution in [2.24, 2.45) is 5.92 Å². The minimum absolute atomic E-state index is 0. The van der Waals surface area contributed by atoms with Crippen molar-refractivity contribution in [2.45, 2.75) is 11.8 Å². The lowest BCUT2D eigenvalue weighted by atomic mass is 10.1. The van der Waals surface area contributed by atoms with E-state index in [1.165, 1.54) is 12.1 Å². The highest BCUT2D eigenvalue weighted by Gasteiger charge is 2.12. The highest BCUT2D eigenvalue weighted by molar-refractivity contribution is 7.90. The molecule has 0 spiro atoms. The van der Waals surface area contributed by atoms with E-state index in [2.05, 4.69) is 10.6 Å². The van der Waals surface area contributed by atoms with E-state index < -0.39 is 9.84 Å². The first kappa shape index (κ1) is 22.0. The summed E-state index contributed by atoms with van der Waals surface area (Å²) in [7, 11) is -1.48. The first-order valence-electron chi connectivity index (χ1n) is 7.83. The van der Waals surface area contributed by atoms with Crippen LogP contribution in [0, 0.1) is 5.92 Å². The van der Waals surface area contributed by atoms with Crippen molar-refractivity contribution in [1.29, 1.82) is 0 Å². The van der Waals surface area contributed by atoms with Gasteiger partial charge in [0.05, 0.1) is 4.90 Å². The van der Waals surface area contributed by atoms with E-state index in [1.807, 2.05) is 6.92 Å². The Hall–Kier alpha value is -2.09. The summed E-state index contributed by atoms with van der Waals surface area (Å²) < 4.78 is 28.8. The van der Waals surface area contributed by atoms with E-state index >= 15 is 0 Å². The molecule has 0 saturated heterocycles. The molecule has 6 nitrogen and oxygen atoms in total. The van der Waals surface area contributed by atoms with Gasteiger partial charge in [0.15, 0.2) is 9.84 Å². The number of amides is 1. The van der Waals surface area contributed by atoms with Crippen LogP contribution in [0.25, 0.3) is 0 Å². The maximum absolute atomic E-state index is 12.0. The summed E-state index contributed by atoms with van der Waals surface area (Å²) >= 11 is 0. The number of hydrogen-bond donors (Lipinski definition) is 2. The summed E-state index contributed by atoms with van der Waals surface area (Å²) in [4.78, 5) is 12.2. The number of rotatable bonds is 7. The lowest BCUT2D eigenvalue weighted by molar-refractivity contribution is -0.119. The fraction of sp³-hybridized carbons (Fsp3) is 0.278. The summed E-state index contributed by atoms with van der Waals surface area (Å²) in [5.41, 5.74) is 0.671. The Morgan fingerprint density at radius 3 is 2.35 bits per heavy atom. The van der Waals surface area contributed by atoms with Crippen molar-refractivity contribution in [3.8, 4) is 11.5 Å². The van der Waals surface area contributed by atoms with Gasteiger partial charge >= 0.3 is 0 Å². The standard InChI is InChI=1S/C18H22N2O4S.ClH/c1-13(12-19-2)18(21)20-14-7-9-15(10-8-14)24-16-5-4-6-17(11-16)25(3,22)23;/h4-11,13,19H,12H2,1-3H3,(H,20,21);1H. The Kier molecular flexibility index (Phi) is 8.08. The number of nitrogens with one attached hydrogen (secondary N) is 2. The van der Waals surface area contributed by atoms with E-state index in [0.717, 1.165) is 6.26 Å². The van der Waals surface area contributed by atoms with Crippen LogP contribution in [-0.2, 0) is 14.6 Å². The predicted molar refractivity (Wildman–Crippen MR) is 105 cm³/mol. The average molecular weight is 399 g/mol. The van der Waals surface area contributed by atoms with Gasteiger partial charge < -0.3 is 15.4 Å². The molecular formula is C18H23ClN2O4S. The van der Waals surface area contributed by atoms with Gasteiger partial charge in [-0.2, -0.15) is 0 Å². The van der Waals surface area contributed by atoms with Gasteiger partial charge in [-0.3, -0.25) is 4.79 Å². The minimum atomic E-state index is -3.28. The van der Waals surface area contributed by atoms with Crippen LogP contribution >= 0.6 is 12.4 Å². The zero-order valence-electron chi connectivity index (χ0n) is 14.9. The van der Waals surface area contributed by atoms with E-state index in [9.17, 15) is 13.2 Å². The molecule has 26 heavy (non-hydrogen) atoms. The quantitative estimate of drug-likeness (QED) is 0.748. The minimum Gasteiger partial charge on any atom is -0.457 e. The van der Waals surface area contributed by atoms with Gasteiger partial charge in [0.2, 0.25) is 5.91 Å². The fourth-order valence-electron chi connectivity index (χ4n) is 2.18. The maximum Gasteiger partial charge on any atom is 0.228 e. The second-order valence-corrected chi connectivity index (χ2v) is 7.84. The van der Waals surface area contributed by atoms with Crippen LogP contribution in [0.1, 0.15) is 6.92 Å². The molecule has 0 bridgehead atoms. The molecule has 2 rings (SSSR count). The molecule has 0 aliphatic carbocycles. The van der Waals surface area contributed by atoms with Crippen LogP contribution in [0.5, 0.6) is 11.5 Å². The molecule has 0 saturated carbocycles. The van der Waals surface area contributed by atoms with E-state index in [1.54, 1.807) is 43.4 Å². The Balaban J connectivity index is 0.00000338. The molecule has 0 fully saturated rings. The summed E-state index contributed by atoms with van der Waals surface area (Å²) in [6.45, 7) is 2.45. The Morgan fingerprint density at radius 2 is 1.77 bits per heavy atom. The van der Waals surface area contributed by atoms with Crippen LogP contribution < -0.4 is 15.4 Å². The van der Waals surface area contributed by atoms with Crippen molar-refractivity contribution in [3.05, 3.63) is 48.5 Å². The zero-order valence-corrected chi connectivity index (χ0v) is 16.5. The highest BCUT2D eigenvalue weighted by atomic mass is 35.5. The predicted octanol–water partition coefficient (Wildman–Crippen LogP) is 3.10. The molecular weight excluding hydrogens is 376 g/mol. The Labute approximate surface area is 160 Å². The molecule has 0 aliphatic rings. The van der Waals surface area contributed by atoms with Gasteiger partial charge in [0, 0.05) is 24.4 Å². The van der Waals surface area contributed by atoms with Crippen LogP contribution in [0.3, 0.4) is 0 Å². The molecule has 8 heteroatoms. The molecule has 0 heterocycles. The third kappa shape index (κ3) is 6.33. The molecule has 0 aliphatic heterocycles. The average Bonchev–Trinajstić information content (AvgIpc) is 2.56. The topological polar surface area (TPSA) is 84.5 Å². The lowest BCUT2D eigenvalue weighted by Crippen LogP contribution is -2.28. The second-order valence-electron chi connectivity index (χ2n) is 5.82. The van der Waals surface area contributed by atoms with Crippen molar-refractivity contribution >= 4 is 33.8 Å². The van der Waals surface area contributed by atoms with E-state index in [-0.39, 0.29) is 29.1 Å². The third-order valence-corrected chi connectivity index (χ3v) is 4.66. The van der Waals surface area contributed by atoms with Gasteiger partial charge in [0.25, 0.3) is 0 Å². The van der Waals surface area contributed by atoms with Crippen LogP contribution in [0.15, 0.2) is 53.4 Å². The first-order valence-corrected chi connectivity index (χ1v) is 9.72. The number of carbonyl (C=O) groups is 1. The van der Waals surface area contributed by atoms with Gasteiger partial charge in [-0.25, -0.2) is 8.42 Å². The maximum atomic E-state index is 12.0. The van der Waals surface area contributed by atoms with E-state index in [4.69, 9.17) is 4.74 Å². The molecule has 0 radical (unpaired) electrons. The Bertz CT molecular complexity index is 839. The van der Waals surface area contributed by atoms with Crippen molar-refractivity contribution in [2.75, 3.05) is 25.2 Å². The number of carbonyl (C=O) groups excluding carboxylic acids is 1. The van der Waals surface area contributed by atoms with Crippen LogP contribution in [0.2, 0.25) is 0 Å². The summed E-state index contributed by atoms with van der Waals surface area (Å²) in [5.74, 6) is 0.776. The van der Waals surface area contributed by atoms with Gasteiger partial charge in [-0.1, -0.05) is 13.0 Å². The van der Waals surface area contributed by atoms with Gasteiger partial charge in [-0.05, 0) is 49.5 Å². The number of ether oxygens (including phenoxy) is 1. The van der Waals surface area contributed by atoms with Crippen molar-refractivity contribution < 1.29 is 17.9 Å². The second kappa shape index (κ2) is 9.56. The summed E-state index contributed by atoms with van der Waals surface area (Å²) in [5, 5.41) is 5.79. The molecule has 1 atom stereocenters. The fourth-order valence-corrected chi connectivity index (χ4v) is 2.83. The number of benzene rings is 2. The number of anilines is 1. The van der Waals surface area contributed by atoms with Crippen molar-refractivity contribution in [1.82, 2.24) is 5.32 Å². The highest BCUT2D eigenvalue weighted by Crippen LogP contribution is 2.25. The third-order valence-electron chi connectivity index (χ3n) is 3.55. The van der Waals surface area contributed by atoms with Crippen LogP contribution in [-0.4, -0.2) is 34.2 Å². The molecule has 2 aromatic carbocycles. The molecule has 142 valence electrons. The molecule has 0 aromatic heterocycles. The van der Waals surface area contributed by atoms with Crippen LogP contribution in [0.4, 0.5) is 5.69 Å². The smallest absolute Gasteiger partial charge is 0.228 e. The SMILES string of the molecule is CNCC(C)C(=O)Nc1ccc(Oc2cccc(S(C)(=O)=O)c2)cc1.Cl. The summed E-state index contributed by atoms with van der Waals surface area (Å²) in [6, 6.07) is 13.2. The first-order chi connectivity index (χ1) is 11.8. The molecule has 2 aromatic rings. The van der Waals surface area contributed by atoms with Gasteiger partial charge in [0.1, 0.15) is 11.5 Å². The van der Waals surface area contributed by atoms with Gasteiger partial charge in [-0.15, -0.1) is 12.4 Å². The monoisotopic (exact) mass is 398 g/mol. The largest absolute Gasteiger partial charge is 0.457 e. The number of halogens is 1. The number of sulfone groups is 1. The van der Waals surface area contributed by atoms with E-state index in [0.29, 0.717) is 23.7 Å². The zero-order chi connectivity index (χ0) is 18.4. The lowest BCUT2D eigenvalue weighted by Gasteiger charge is -2.12. The Morgan fingerprint density at radius 1 is 1.12 bits per heavy atom. The molecule has 1 unspecified atom stereocenters. The molecule has 2 N–H and O–H groups in total. The van der Waals surface area contributed by atoms with Crippen molar-refractivity contribution in [3.63, 3.8) is 0 Å². The number of hydrogen-bond acceptors (Lipinski definition) is 5. The molecule has 1 amide bonds. The normalized spacial score (nSPS) is 12.0. The summed E-state index contributed by atoms with van der Waals surface area (Å²) in [6.07, 6.45) is 1.15.